The molecule has 1 amide bonds. The molecule has 1 heterocycles. The van der Waals surface area contributed by atoms with Crippen LogP contribution in [-0.4, -0.2) is 29.7 Å². The Morgan fingerprint density at radius 1 is 1.33 bits per heavy atom. The van der Waals surface area contributed by atoms with Crippen molar-refractivity contribution in [1.82, 2.24) is 10.4 Å². The fraction of sp³-hybridized carbons (Fsp3) is 0.588. The van der Waals surface area contributed by atoms with Crippen molar-refractivity contribution in [2.45, 2.75) is 51.7 Å². The Hall–Kier alpha value is -1.08. The third-order valence-corrected chi connectivity index (χ3v) is 4.75. The first-order valence-corrected chi connectivity index (χ1v) is 8.78. The van der Waals surface area contributed by atoms with Gasteiger partial charge in [-0.25, -0.2) is 5.01 Å². The van der Waals surface area contributed by atoms with Crippen LogP contribution in [0.1, 0.15) is 38.7 Å². The average molecular weight is 407 g/mol. The zero-order valence-corrected chi connectivity index (χ0v) is 15.4. The van der Waals surface area contributed by atoms with Crippen molar-refractivity contribution < 1.29 is 18.0 Å². The molecule has 1 aliphatic rings. The molecule has 1 saturated heterocycles. The highest BCUT2D eigenvalue weighted by molar-refractivity contribution is 9.10. The van der Waals surface area contributed by atoms with Crippen molar-refractivity contribution in [2.24, 2.45) is 5.41 Å². The van der Waals surface area contributed by atoms with E-state index in [4.69, 9.17) is 0 Å². The van der Waals surface area contributed by atoms with Crippen molar-refractivity contribution in [2.75, 3.05) is 6.54 Å². The van der Waals surface area contributed by atoms with Crippen molar-refractivity contribution in [1.29, 1.82) is 0 Å². The lowest BCUT2D eigenvalue weighted by Crippen LogP contribution is -2.49. The summed E-state index contributed by atoms with van der Waals surface area (Å²) in [5, 5.41) is 1.06. The van der Waals surface area contributed by atoms with E-state index in [0.29, 0.717) is 12.8 Å². The average Bonchev–Trinajstić information content (AvgIpc) is 2.70. The minimum Gasteiger partial charge on any atom is -0.288 e. The van der Waals surface area contributed by atoms with Gasteiger partial charge in [-0.1, -0.05) is 34.5 Å². The number of aryl methyl sites for hydroxylation is 1. The largest absolute Gasteiger partial charge is 0.405 e. The van der Waals surface area contributed by atoms with Gasteiger partial charge < -0.3 is 0 Å². The summed E-state index contributed by atoms with van der Waals surface area (Å²) in [4.78, 5) is 11.8. The van der Waals surface area contributed by atoms with Crippen LogP contribution in [0, 0.1) is 5.41 Å². The summed E-state index contributed by atoms with van der Waals surface area (Å²) in [5.74, 6) is -0.356. The Balaban J connectivity index is 1.90. The van der Waals surface area contributed by atoms with E-state index in [1.807, 2.05) is 24.3 Å². The van der Waals surface area contributed by atoms with Gasteiger partial charge in [-0.3, -0.25) is 10.2 Å². The molecule has 0 saturated carbocycles. The van der Waals surface area contributed by atoms with Crippen LogP contribution in [0.5, 0.6) is 0 Å². The van der Waals surface area contributed by atoms with Gasteiger partial charge in [-0.2, -0.15) is 13.2 Å². The zero-order valence-electron chi connectivity index (χ0n) is 13.8. The number of unbranched alkanes of at least 4 members (excludes halogenated alkanes) is 1. The van der Waals surface area contributed by atoms with Gasteiger partial charge in [0.2, 0.25) is 5.91 Å². The number of hydrazine groups is 1. The molecule has 0 bridgehead atoms. The molecule has 2 rings (SSSR count). The van der Waals surface area contributed by atoms with Crippen LogP contribution in [0.4, 0.5) is 13.2 Å². The lowest BCUT2D eigenvalue weighted by Gasteiger charge is -2.29. The molecule has 7 heteroatoms. The molecule has 1 fully saturated rings. The van der Waals surface area contributed by atoms with Gasteiger partial charge in [0.25, 0.3) is 0 Å². The molecular formula is C17H22BrF3N2O. The minimum atomic E-state index is -4.36. The number of amides is 1. The molecule has 1 N–H and O–H groups in total. The first-order chi connectivity index (χ1) is 11.1. The molecular weight excluding hydrogens is 385 g/mol. The number of alkyl halides is 3. The molecule has 1 aromatic rings. The lowest BCUT2D eigenvalue weighted by molar-refractivity contribution is -0.190. The first-order valence-electron chi connectivity index (χ1n) is 7.98. The summed E-state index contributed by atoms with van der Waals surface area (Å²) in [6.45, 7) is 3.38. The maximum atomic E-state index is 13.4. The zero-order chi connectivity index (χ0) is 18.0. The molecule has 1 aromatic carbocycles. The summed E-state index contributed by atoms with van der Waals surface area (Å²) in [5.41, 5.74) is 2.69. The fourth-order valence-corrected chi connectivity index (χ4v) is 3.31. The van der Waals surface area contributed by atoms with E-state index in [9.17, 15) is 18.0 Å². The highest BCUT2D eigenvalue weighted by Crippen LogP contribution is 2.33. The van der Waals surface area contributed by atoms with Crippen LogP contribution in [0.15, 0.2) is 28.7 Å². The summed E-state index contributed by atoms with van der Waals surface area (Å²) in [6.07, 6.45) is -2.52. The predicted molar refractivity (Wildman–Crippen MR) is 90.2 cm³/mol. The minimum absolute atomic E-state index is 0.0200. The van der Waals surface area contributed by atoms with Gasteiger partial charge in [0.1, 0.15) is 6.04 Å². The maximum absolute atomic E-state index is 13.4. The van der Waals surface area contributed by atoms with Gasteiger partial charge in [-0.05, 0) is 50.8 Å². The standard InChI is InChI=1S/C17H22BrF3N2O/c1-16(2)11-23(22-15(16)24)14(17(19,20)21)9-4-3-6-12-7-5-8-13(18)10-12/h5,7-8,10,14H,3-4,6,9,11H2,1-2H3,(H,22,24). The molecule has 1 aliphatic heterocycles. The molecule has 0 aromatic heterocycles. The highest BCUT2D eigenvalue weighted by Gasteiger charge is 2.49. The van der Waals surface area contributed by atoms with Crippen LogP contribution < -0.4 is 5.43 Å². The maximum Gasteiger partial charge on any atom is 0.405 e. The Kier molecular flexibility index (Phi) is 5.96. The fourth-order valence-electron chi connectivity index (χ4n) is 2.86. The van der Waals surface area contributed by atoms with E-state index in [1.165, 1.54) is 0 Å². The normalized spacial score (nSPS) is 19.3. The van der Waals surface area contributed by atoms with Crippen molar-refractivity contribution >= 4 is 21.8 Å². The Morgan fingerprint density at radius 3 is 2.58 bits per heavy atom. The van der Waals surface area contributed by atoms with Crippen molar-refractivity contribution in [3.8, 4) is 0 Å². The SMILES string of the molecule is CC1(C)CN(C(CCCCc2cccc(Br)c2)C(F)(F)F)NC1=O. The summed E-state index contributed by atoms with van der Waals surface area (Å²) < 4.78 is 41.0. The molecule has 134 valence electrons. The number of benzene rings is 1. The second-order valence-corrected chi connectivity index (χ2v) is 7.80. The molecule has 24 heavy (non-hydrogen) atoms. The molecule has 0 radical (unpaired) electrons. The third kappa shape index (κ3) is 4.96. The van der Waals surface area contributed by atoms with E-state index in [0.717, 1.165) is 21.5 Å². The topological polar surface area (TPSA) is 32.3 Å². The number of nitrogens with one attached hydrogen (secondary N) is 1. The van der Waals surface area contributed by atoms with Crippen molar-refractivity contribution in [3.05, 3.63) is 34.3 Å². The van der Waals surface area contributed by atoms with Crippen LogP contribution in [0.25, 0.3) is 0 Å². The molecule has 3 nitrogen and oxygen atoms in total. The number of nitrogens with zero attached hydrogens (tertiary/aromatic N) is 1. The Labute approximate surface area is 148 Å². The Morgan fingerprint density at radius 2 is 2.04 bits per heavy atom. The van der Waals surface area contributed by atoms with Crippen LogP contribution in [0.2, 0.25) is 0 Å². The van der Waals surface area contributed by atoms with Crippen LogP contribution in [-0.2, 0) is 11.2 Å². The van der Waals surface area contributed by atoms with Crippen LogP contribution in [0.3, 0.4) is 0 Å². The van der Waals surface area contributed by atoms with E-state index >= 15 is 0 Å². The number of carbonyl (C=O) groups is 1. The number of carbonyl (C=O) groups excluding carboxylic acids is 1. The van der Waals surface area contributed by atoms with Gasteiger partial charge in [0.15, 0.2) is 0 Å². The molecule has 0 aliphatic carbocycles. The third-order valence-electron chi connectivity index (χ3n) is 4.26. The van der Waals surface area contributed by atoms with Gasteiger partial charge in [0, 0.05) is 11.0 Å². The summed E-state index contributed by atoms with van der Waals surface area (Å²) in [6, 6.07) is 6.14. The van der Waals surface area contributed by atoms with Gasteiger partial charge in [0.05, 0.1) is 5.41 Å². The molecule has 1 unspecified atom stereocenters. The highest BCUT2D eigenvalue weighted by atomic mass is 79.9. The van der Waals surface area contributed by atoms with Crippen LogP contribution >= 0.6 is 15.9 Å². The second kappa shape index (κ2) is 7.44. The number of hydrogen-bond acceptors (Lipinski definition) is 2. The number of rotatable bonds is 6. The quantitative estimate of drug-likeness (QED) is 0.706. The van der Waals surface area contributed by atoms with Gasteiger partial charge in [-0.15, -0.1) is 0 Å². The first kappa shape index (κ1) is 19.2. The molecule has 0 spiro atoms. The van der Waals surface area contributed by atoms with E-state index in [-0.39, 0.29) is 18.9 Å². The van der Waals surface area contributed by atoms with Gasteiger partial charge >= 0.3 is 6.18 Å². The Bertz CT molecular complexity index is 589. The second-order valence-electron chi connectivity index (χ2n) is 6.89. The smallest absolute Gasteiger partial charge is 0.288 e. The number of halogens is 4. The van der Waals surface area contributed by atoms with Crippen molar-refractivity contribution in [3.63, 3.8) is 0 Å². The van der Waals surface area contributed by atoms with E-state index in [1.54, 1.807) is 13.8 Å². The molecule has 1 atom stereocenters. The monoisotopic (exact) mass is 406 g/mol. The predicted octanol–water partition coefficient (Wildman–Crippen LogP) is 4.47. The lowest BCUT2D eigenvalue weighted by atomic mass is 9.94. The van der Waals surface area contributed by atoms with E-state index < -0.39 is 17.6 Å². The van der Waals surface area contributed by atoms with E-state index in [2.05, 4.69) is 21.4 Å². The summed E-state index contributed by atoms with van der Waals surface area (Å²) in [7, 11) is 0. The summed E-state index contributed by atoms with van der Waals surface area (Å²) >= 11 is 3.39. The number of hydrogen-bond donors (Lipinski definition) is 1.